The predicted octanol–water partition coefficient (Wildman–Crippen LogP) is 4.88. The van der Waals surface area contributed by atoms with Crippen LogP contribution in [0.4, 0.5) is 11.5 Å². The first kappa shape index (κ1) is 25.9. The molecule has 3 aromatic heterocycles. The van der Waals surface area contributed by atoms with Crippen LogP contribution in [0.25, 0.3) is 39.5 Å². The third-order valence-corrected chi connectivity index (χ3v) is 9.53. The second kappa shape index (κ2) is 9.91. The maximum atomic E-state index is 12.2. The highest BCUT2D eigenvalue weighted by molar-refractivity contribution is 5.85. The molecule has 5 aromatic rings. The van der Waals surface area contributed by atoms with E-state index in [2.05, 4.69) is 67.9 Å². The van der Waals surface area contributed by atoms with Crippen molar-refractivity contribution in [2.45, 2.75) is 43.7 Å². The lowest BCUT2D eigenvalue weighted by Crippen LogP contribution is -2.51. The minimum atomic E-state index is -0.234. The van der Waals surface area contributed by atoms with Gasteiger partial charge >= 0.3 is 0 Å². The first-order valence-corrected chi connectivity index (χ1v) is 15.1. The van der Waals surface area contributed by atoms with Crippen molar-refractivity contribution in [2.24, 2.45) is 5.73 Å². The molecule has 3 fully saturated rings. The molecule has 1 aliphatic carbocycles. The number of nitrogens with zero attached hydrogens (tertiary/aromatic N) is 6. The van der Waals surface area contributed by atoms with E-state index < -0.39 is 0 Å². The Labute approximate surface area is 250 Å². The zero-order chi connectivity index (χ0) is 29.1. The summed E-state index contributed by atoms with van der Waals surface area (Å²) < 4.78 is 2.07. The highest BCUT2D eigenvalue weighted by atomic mass is 16.2. The highest BCUT2D eigenvalue weighted by Gasteiger charge is 2.36. The fourth-order valence-electron chi connectivity index (χ4n) is 6.90. The Morgan fingerprint density at radius 2 is 1.77 bits per heavy atom. The van der Waals surface area contributed by atoms with Gasteiger partial charge < -0.3 is 21.3 Å². The standard InChI is InChI=1S/C34H34N8O/c35-31-27(6-2-17-37-31)32-39-29-13-12-28(38-33(29)42(32)24-9-7-23(8-10-24)34(36)15-3-16-34)22-4-1-5-25(20-22)40-18-19-41-26(21-40)11-14-30(41)43/h1-2,4-10,12-13,17,20,26H,3,11,14-16,18-19,21,36H2,(H2,35,37). The van der Waals surface area contributed by atoms with Crippen LogP contribution in [-0.4, -0.2) is 56.0 Å². The second-order valence-electron chi connectivity index (χ2n) is 12.1. The number of amides is 1. The summed E-state index contributed by atoms with van der Waals surface area (Å²) in [4.78, 5) is 31.2. The molecular formula is C34H34N8O. The van der Waals surface area contributed by atoms with Gasteiger partial charge in [-0.2, -0.15) is 0 Å². The average Bonchev–Trinajstić information content (AvgIpc) is 3.60. The van der Waals surface area contributed by atoms with Crippen LogP contribution >= 0.6 is 0 Å². The largest absolute Gasteiger partial charge is 0.383 e. The summed E-state index contributed by atoms with van der Waals surface area (Å²) in [6, 6.07) is 25.2. The number of fused-ring (bicyclic) bond motifs is 2. The zero-order valence-corrected chi connectivity index (χ0v) is 24.0. The van der Waals surface area contributed by atoms with Gasteiger partial charge in [-0.25, -0.2) is 15.0 Å². The zero-order valence-electron chi connectivity index (χ0n) is 24.0. The number of nitrogens with two attached hydrogens (primary N) is 2. The number of piperazine rings is 1. The third-order valence-electron chi connectivity index (χ3n) is 9.53. The molecule has 2 aliphatic heterocycles. The van der Waals surface area contributed by atoms with Crippen molar-refractivity contribution in [3.05, 3.63) is 84.6 Å². The molecule has 2 saturated heterocycles. The Balaban J connectivity index is 1.20. The van der Waals surface area contributed by atoms with E-state index in [1.165, 1.54) is 6.42 Å². The summed E-state index contributed by atoms with van der Waals surface area (Å²) >= 11 is 0. The number of imidazole rings is 1. The Morgan fingerprint density at radius 1 is 0.907 bits per heavy atom. The first-order chi connectivity index (χ1) is 21.0. The van der Waals surface area contributed by atoms with Gasteiger partial charge in [0.1, 0.15) is 11.3 Å². The van der Waals surface area contributed by atoms with E-state index in [9.17, 15) is 4.79 Å². The summed E-state index contributed by atoms with van der Waals surface area (Å²) in [6.45, 7) is 2.48. The van der Waals surface area contributed by atoms with E-state index in [0.29, 0.717) is 30.0 Å². The summed E-state index contributed by atoms with van der Waals surface area (Å²) in [5, 5.41) is 0. The lowest BCUT2D eigenvalue weighted by atomic mass is 9.73. The van der Waals surface area contributed by atoms with E-state index in [0.717, 1.165) is 83.8 Å². The van der Waals surface area contributed by atoms with Gasteiger partial charge in [0.15, 0.2) is 11.5 Å². The maximum Gasteiger partial charge on any atom is 0.223 e. The van der Waals surface area contributed by atoms with Crippen LogP contribution in [0.1, 0.15) is 37.7 Å². The quantitative estimate of drug-likeness (QED) is 0.309. The molecular weight excluding hydrogens is 536 g/mol. The summed E-state index contributed by atoms with van der Waals surface area (Å²) in [5.74, 6) is 1.41. The molecule has 1 amide bonds. The van der Waals surface area contributed by atoms with Crippen LogP contribution in [0.5, 0.6) is 0 Å². The number of nitrogen functional groups attached to an aromatic ring is 1. The van der Waals surface area contributed by atoms with Gasteiger partial charge in [0.2, 0.25) is 5.91 Å². The van der Waals surface area contributed by atoms with Crippen molar-refractivity contribution >= 4 is 28.6 Å². The Bertz CT molecular complexity index is 1860. The average molecular weight is 571 g/mol. The van der Waals surface area contributed by atoms with Gasteiger partial charge in [-0.15, -0.1) is 0 Å². The lowest BCUT2D eigenvalue weighted by molar-refractivity contribution is -0.129. The Hall–Kier alpha value is -4.76. The minimum Gasteiger partial charge on any atom is -0.383 e. The molecule has 43 heavy (non-hydrogen) atoms. The van der Waals surface area contributed by atoms with Gasteiger partial charge in [0, 0.05) is 60.8 Å². The second-order valence-corrected chi connectivity index (χ2v) is 12.1. The Kier molecular flexibility index (Phi) is 5.97. The monoisotopic (exact) mass is 570 g/mol. The third kappa shape index (κ3) is 4.34. The van der Waals surface area contributed by atoms with Gasteiger partial charge in [0.05, 0.1) is 11.3 Å². The highest BCUT2D eigenvalue weighted by Crippen LogP contribution is 2.39. The number of aromatic nitrogens is 4. The summed E-state index contributed by atoms with van der Waals surface area (Å²) in [6.07, 6.45) is 6.48. The van der Waals surface area contributed by atoms with Crippen molar-refractivity contribution in [2.75, 3.05) is 30.3 Å². The SMILES string of the molecule is Nc1ncccc1-c1nc2ccc(-c3cccc(N4CCN5C(=O)CCC5C4)c3)nc2n1-c1ccc(C2(N)CCC2)cc1. The van der Waals surface area contributed by atoms with Crippen LogP contribution in [0.2, 0.25) is 0 Å². The molecule has 1 atom stereocenters. The number of hydrogen-bond donors (Lipinski definition) is 2. The molecule has 1 saturated carbocycles. The fraction of sp³-hybridized carbons (Fsp3) is 0.294. The Morgan fingerprint density at radius 3 is 2.56 bits per heavy atom. The van der Waals surface area contributed by atoms with Gasteiger partial charge in [-0.3, -0.25) is 9.36 Å². The van der Waals surface area contributed by atoms with Crippen LogP contribution in [-0.2, 0) is 10.3 Å². The molecule has 8 rings (SSSR count). The number of anilines is 2. The molecule has 5 heterocycles. The molecule has 9 heteroatoms. The summed E-state index contributed by atoms with van der Waals surface area (Å²) in [7, 11) is 0. The number of hydrogen-bond acceptors (Lipinski definition) is 7. The van der Waals surface area contributed by atoms with Crippen LogP contribution < -0.4 is 16.4 Å². The van der Waals surface area contributed by atoms with E-state index in [-0.39, 0.29) is 5.54 Å². The van der Waals surface area contributed by atoms with Gasteiger partial charge in [-0.1, -0.05) is 24.3 Å². The van der Waals surface area contributed by atoms with Crippen molar-refractivity contribution in [1.29, 1.82) is 0 Å². The van der Waals surface area contributed by atoms with E-state index in [4.69, 9.17) is 21.4 Å². The van der Waals surface area contributed by atoms with E-state index in [1.54, 1.807) is 6.20 Å². The van der Waals surface area contributed by atoms with E-state index in [1.807, 2.05) is 24.3 Å². The molecule has 0 spiro atoms. The molecule has 0 radical (unpaired) electrons. The van der Waals surface area contributed by atoms with Gasteiger partial charge in [-0.05, 0) is 79.8 Å². The topological polar surface area (TPSA) is 119 Å². The molecule has 1 unspecified atom stereocenters. The molecule has 9 nitrogen and oxygen atoms in total. The molecule has 0 bridgehead atoms. The van der Waals surface area contributed by atoms with Crippen molar-refractivity contribution in [1.82, 2.24) is 24.4 Å². The molecule has 2 aromatic carbocycles. The molecule has 4 N–H and O–H groups in total. The molecule has 3 aliphatic rings. The number of pyridine rings is 2. The van der Waals surface area contributed by atoms with Gasteiger partial charge in [0.25, 0.3) is 0 Å². The van der Waals surface area contributed by atoms with Crippen LogP contribution in [0.15, 0.2) is 79.0 Å². The summed E-state index contributed by atoms with van der Waals surface area (Å²) in [5.41, 5.74) is 20.2. The van der Waals surface area contributed by atoms with Crippen molar-refractivity contribution < 1.29 is 4.79 Å². The lowest BCUT2D eigenvalue weighted by Gasteiger charge is -2.39. The van der Waals surface area contributed by atoms with Crippen molar-refractivity contribution in [3.63, 3.8) is 0 Å². The number of carbonyl (C=O) groups excluding carboxylic acids is 1. The van der Waals surface area contributed by atoms with Crippen molar-refractivity contribution in [3.8, 4) is 28.3 Å². The smallest absolute Gasteiger partial charge is 0.223 e. The van der Waals surface area contributed by atoms with Crippen LogP contribution in [0.3, 0.4) is 0 Å². The molecule has 216 valence electrons. The number of rotatable bonds is 5. The van der Waals surface area contributed by atoms with Crippen LogP contribution in [0, 0.1) is 0 Å². The normalized spacial score (nSPS) is 19.5. The maximum absolute atomic E-state index is 12.2. The minimum absolute atomic E-state index is 0.234. The van der Waals surface area contributed by atoms with E-state index >= 15 is 0 Å². The number of benzene rings is 2. The number of carbonyl (C=O) groups is 1. The fourth-order valence-corrected chi connectivity index (χ4v) is 6.90. The predicted molar refractivity (Wildman–Crippen MR) is 169 cm³/mol. The first-order valence-electron chi connectivity index (χ1n) is 15.1.